The maximum absolute atomic E-state index is 12.9. The second-order valence-corrected chi connectivity index (χ2v) is 8.57. The molecule has 1 aliphatic heterocycles. The van der Waals surface area contributed by atoms with Gasteiger partial charge in [0.15, 0.2) is 11.5 Å². The summed E-state index contributed by atoms with van der Waals surface area (Å²) in [5.41, 5.74) is 1.67. The Kier molecular flexibility index (Phi) is 10.2. The number of carbonyl (C=O) groups excluding carboxylic acids is 2. The highest BCUT2D eigenvalue weighted by Crippen LogP contribution is 2.31. The molecule has 0 unspecified atom stereocenters. The van der Waals surface area contributed by atoms with Gasteiger partial charge in [-0.1, -0.05) is 44.2 Å². The molecule has 0 atom stereocenters. The minimum atomic E-state index is -0.133. The van der Waals surface area contributed by atoms with E-state index in [1.165, 1.54) is 0 Å². The summed E-state index contributed by atoms with van der Waals surface area (Å²) in [6.45, 7) is 8.70. The Morgan fingerprint density at radius 3 is 2.43 bits per heavy atom. The first kappa shape index (κ1) is 26.3. The number of ether oxygens (including phenoxy) is 2. The molecule has 0 spiro atoms. The van der Waals surface area contributed by atoms with Crippen molar-refractivity contribution >= 4 is 23.6 Å². The summed E-state index contributed by atoms with van der Waals surface area (Å²) < 4.78 is 11.4. The van der Waals surface area contributed by atoms with E-state index in [4.69, 9.17) is 9.47 Å². The van der Waals surface area contributed by atoms with Gasteiger partial charge >= 0.3 is 0 Å². The van der Waals surface area contributed by atoms with Crippen LogP contribution in [0.3, 0.4) is 0 Å². The van der Waals surface area contributed by atoms with Crippen LogP contribution in [-0.2, 0) is 9.59 Å². The van der Waals surface area contributed by atoms with Crippen LogP contribution in [0.2, 0.25) is 0 Å². The quantitative estimate of drug-likeness (QED) is 0.487. The van der Waals surface area contributed by atoms with E-state index in [1.807, 2.05) is 54.6 Å². The van der Waals surface area contributed by atoms with E-state index in [0.29, 0.717) is 49.7 Å². The van der Waals surface area contributed by atoms with Crippen LogP contribution >= 0.6 is 0 Å². The molecular formula is C28H37N3O4. The monoisotopic (exact) mass is 479 g/mol. The largest absolute Gasteiger partial charge is 0.493 e. The predicted octanol–water partition coefficient (Wildman–Crippen LogP) is 4.31. The fraction of sp³-hybridized carbons (Fsp3) is 0.429. The molecule has 188 valence electrons. The second-order valence-electron chi connectivity index (χ2n) is 8.57. The zero-order chi connectivity index (χ0) is 25.0. The minimum absolute atomic E-state index is 0.0191. The number of piperidine rings is 1. The van der Waals surface area contributed by atoms with Crippen molar-refractivity contribution in [2.75, 3.05) is 51.8 Å². The first-order valence-corrected chi connectivity index (χ1v) is 12.4. The molecule has 3 rings (SSSR count). The first-order valence-electron chi connectivity index (χ1n) is 12.4. The summed E-state index contributed by atoms with van der Waals surface area (Å²) in [6, 6.07) is 15.2. The third-order valence-electron chi connectivity index (χ3n) is 6.39. The summed E-state index contributed by atoms with van der Waals surface area (Å²) in [7, 11) is 1.61. The van der Waals surface area contributed by atoms with E-state index >= 15 is 0 Å². The van der Waals surface area contributed by atoms with Crippen molar-refractivity contribution in [2.45, 2.75) is 26.7 Å². The lowest BCUT2D eigenvalue weighted by Crippen LogP contribution is -2.40. The number of nitrogens with one attached hydrogen (secondary N) is 1. The normalized spacial score (nSPS) is 14.3. The van der Waals surface area contributed by atoms with Crippen LogP contribution in [0.15, 0.2) is 54.6 Å². The SMILES string of the molecule is CCN(CC)CCOc1cc(NC(=O)C2CCN(C(=O)/C=C/c3ccccc3)CC2)ccc1OC. The van der Waals surface area contributed by atoms with Crippen molar-refractivity contribution < 1.29 is 19.1 Å². The fourth-order valence-electron chi connectivity index (χ4n) is 4.14. The van der Waals surface area contributed by atoms with Crippen molar-refractivity contribution in [3.05, 3.63) is 60.2 Å². The standard InChI is InChI=1S/C28H37N3O4/c1-4-30(5-2)19-20-35-26-21-24(12-13-25(26)34-3)29-28(33)23-15-17-31(18-16-23)27(32)14-11-22-9-7-6-8-10-22/h6-14,21,23H,4-5,15-20H2,1-3H3,(H,29,33)/b14-11+. The van der Waals surface area contributed by atoms with E-state index in [0.717, 1.165) is 25.2 Å². The maximum atomic E-state index is 12.9. The van der Waals surface area contributed by atoms with E-state index in [9.17, 15) is 9.59 Å². The van der Waals surface area contributed by atoms with Crippen LogP contribution in [0, 0.1) is 5.92 Å². The Balaban J connectivity index is 1.50. The summed E-state index contributed by atoms with van der Waals surface area (Å²) in [5.74, 6) is 1.07. The topological polar surface area (TPSA) is 71.1 Å². The maximum Gasteiger partial charge on any atom is 0.246 e. The molecule has 0 radical (unpaired) electrons. The van der Waals surface area contributed by atoms with Crippen molar-refractivity contribution in [1.82, 2.24) is 9.80 Å². The number of rotatable bonds is 11. The second kappa shape index (κ2) is 13.5. The van der Waals surface area contributed by atoms with E-state index in [1.54, 1.807) is 18.1 Å². The number of anilines is 1. The number of carbonyl (C=O) groups is 2. The van der Waals surface area contributed by atoms with Crippen LogP contribution in [0.4, 0.5) is 5.69 Å². The van der Waals surface area contributed by atoms with E-state index < -0.39 is 0 Å². The molecule has 1 N–H and O–H groups in total. The van der Waals surface area contributed by atoms with Crippen LogP contribution in [-0.4, -0.2) is 68.1 Å². The number of hydrogen-bond acceptors (Lipinski definition) is 5. The van der Waals surface area contributed by atoms with Gasteiger partial charge < -0.3 is 24.6 Å². The highest BCUT2D eigenvalue weighted by Gasteiger charge is 2.26. The molecule has 0 aromatic heterocycles. The van der Waals surface area contributed by atoms with Gasteiger partial charge in [0.25, 0.3) is 0 Å². The van der Waals surface area contributed by atoms with Gasteiger partial charge in [-0.15, -0.1) is 0 Å². The first-order chi connectivity index (χ1) is 17.0. The lowest BCUT2D eigenvalue weighted by Gasteiger charge is -2.30. The summed E-state index contributed by atoms with van der Waals surface area (Å²) in [5, 5.41) is 3.01. The number of hydrogen-bond donors (Lipinski definition) is 1. The van der Waals surface area contributed by atoms with E-state index in [2.05, 4.69) is 24.1 Å². The average molecular weight is 480 g/mol. The number of methoxy groups -OCH3 is 1. The van der Waals surface area contributed by atoms with Crippen LogP contribution < -0.4 is 14.8 Å². The van der Waals surface area contributed by atoms with Gasteiger partial charge in [0.1, 0.15) is 6.61 Å². The number of likely N-dealkylation sites (tertiary alicyclic amines) is 1. The smallest absolute Gasteiger partial charge is 0.246 e. The Bertz CT molecular complexity index is 981. The lowest BCUT2D eigenvalue weighted by molar-refractivity contribution is -0.130. The minimum Gasteiger partial charge on any atom is -0.493 e. The predicted molar refractivity (Wildman–Crippen MR) is 140 cm³/mol. The molecule has 2 aromatic rings. The summed E-state index contributed by atoms with van der Waals surface area (Å²) in [6.07, 6.45) is 4.71. The van der Waals surface area contributed by atoms with Gasteiger partial charge in [-0.2, -0.15) is 0 Å². The third kappa shape index (κ3) is 7.86. The van der Waals surface area contributed by atoms with Crippen molar-refractivity contribution in [1.29, 1.82) is 0 Å². The number of amides is 2. The summed E-state index contributed by atoms with van der Waals surface area (Å²) in [4.78, 5) is 29.5. The highest BCUT2D eigenvalue weighted by atomic mass is 16.5. The van der Waals surface area contributed by atoms with Crippen molar-refractivity contribution in [2.24, 2.45) is 5.92 Å². The van der Waals surface area contributed by atoms with Crippen molar-refractivity contribution in [3.8, 4) is 11.5 Å². The lowest BCUT2D eigenvalue weighted by atomic mass is 9.95. The van der Waals surface area contributed by atoms with Gasteiger partial charge in [0, 0.05) is 43.4 Å². The van der Waals surface area contributed by atoms with Gasteiger partial charge in [-0.3, -0.25) is 9.59 Å². The Morgan fingerprint density at radius 1 is 1.06 bits per heavy atom. The average Bonchev–Trinajstić information content (AvgIpc) is 2.90. The molecule has 35 heavy (non-hydrogen) atoms. The molecule has 1 heterocycles. The van der Waals surface area contributed by atoms with Gasteiger partial charge in [-0.25, -0.2) is 0 Å². The molecule has 1 fully saturated rings. The van der Waals surface area contributed by atoms with Gasteiger partial charge in [0.05, 0.1) is 7.11 Å². The fourth-order valence-corrected chi connectivity index (χ4v) is 4.14. The molecule has 0 saturated carbocycles. The number of likely N-dealkylation sites (N-methyl/N-ethyl adjacent to an activating group) is 1. The van der Waals surface area contributed by atoms with Gasteiger partial charge in [-0.05, 0) is 49.7 Å². The molecular weight excluding hydrogens is 442 g/mol. The molecule has 0 aliphatic carbocycles. The molecule has 2 aromatic carbocycles. The zero-order valence-electron chi connectivity index (χ0n) is 21.0. The Hall–Kier alpha value is -3.32. The molecule has 7 heteroatoms. The van der Waals surface area contributed by atoms with Crippen LogP contribution in [0.25, 0.3) is 6.08 Å². The Morgan fingerprint density at radius 2 is 1.77 bits per heavy atom. The molecule has 0 bridgehead atoms. The highest BCUT2D eigenvalue weighted by molar-refractivity contribution is 5.94. The zero-order valence-corrected chi connectivity index (χ0v) is 21.0. The molecule has 1 aliphatic rings. The summed E-state index contributed by atoms with van der Waals surface area (Å²) >= 11 is 0. The van der Waals surface area contributed by atoms with Gasteiger partial charge in [0.2, 0.25) is 11.8 Å². The van der Waals surface area contributed by atoms with E-state index in [-0.39, 0.29) is 17.7 Å². The number of nitrogens with zero attached hydrogens (tertiary/aromatic N) is 2. The Labute approximate surface area is 208 Å². The number of benzene rings is 2. The molecule has 2 amide bonds. The third-order valence-corrected chi connectivity index (χ3v) is 6.39. The van der Waals surface area contributed by atoms with Crippen LogP contribution in [0.1, 0.15) is 32.3 Å². The van der Waals surface area contributed by atoms with Crippen molar-refractivity contribution in [3.63, 3.8) is 0 Å². The molecule has 7 nitrogen and oxygen atoms in total. The van der Waals surface area contributed by atoms with Crippen LogP contribution in [0.5, 0.6) is 11.5 Å². The molecule has 1 saturated heterocycles.